The zero-order chi connectivity index (χ0) is 20.7. The number of benzene rings is 1. The van der Waals surface area contributed by atoms with Gasteiger partial charge in [-0.1, -0.05) is 0 Å². The van der Waals surface area contributed by atoms with E-state index in [0.29, 0.717) is 16.4 Å². The SMILES string of the molecule is CC(C)NC(=S)NNC(=O)c1ccc(OCC(=O)N2[C@H](C)CCC[C@H]2C)cc1. The highest BCUT2D eigenvalue weighted by atomic mass is 32.1. The molecule has 1 saturated heterocycles. The van der Waals surface area contributed by atoms with Gasteiger partial charge >= 0.3 is 0 Å². The Morgan fingerprint density at radius 1 is 1.14 bits per heavy atom. The van der Waals surface area contributed by atoms with E-state index in [-0.39, 0.29) is 36.5 Å². The van der Waals surface area contributed by atoms with Crippen LogP contribution in [0.15, 0.2) is 24.3 Å². The van der Waals surface area contributed by atoms with Crippen LogP contribution in [-0.2, 0) is 4.79 Å². The van der Waals surface area contributed by atoms with Crippen LogP contribution in [0.1, 0.15) is 57.3 Å². The molecule has 8 heteroatoms. The lowest BCUT2D eigenvalue weighted by atomic mass is 9.97. The van der Waals surface area contributed by atoms with Crippen molar-refractivity contribution in [1.82, 2.24) is 21.1 Å². The number of amides is 2. The number of ether oxygens (including phenoxy) is 1. The molecule has 154 valence electrons. The minimum Gasteiger partial charge on any atom is -0.484 e. The maximum Gasteiger partial charge on any atom is 0.269 e. The number of rotatable bonds is 5. The van der Waals surface area contributed by atoms with Gasteiger partial charge in [-0.2, -0.15) is 0 Å². The Labute approximate surface area is 172 Å². The van der Waals surface area contributed by atoms with Gasteiger partial charge in [-0.05, 0) is 83.4 Å². The molecule has 0 aromatic heterocycles. The van der Waals surface area contributed by atoms with E-state index in [1.165, 1.54) is 0 Å². The molecule has 3 N–H and O–H groups in total. The quantitative estimate of drug-likeness (QED) is 0.514. The predicted octanol–water partition coefficient (Wildman–Crippen LogP) is 2.37. The topological polar surface area (TPSA) is 82.7 Å². The largest absolute Gasteiger partial charge is 0.484 e. The summed E-state index contributed by atoms with van der Waals surface area (Å²) in [5, 5.41) is 3.32. The van der Waals surface area contributed by atoms with Gasteiger partial charge in [0.25, 0.3) is 11.8 Å². The van der Waals surface area contributed by atoms with Crippen molar-refractivity contribution < 1.29 is 14.3 Å². The standard InChI is InChI=1S/C20H30N4O3S/c1-13(2)21-20(28)23-22-19(26)16-8-10-17(11-9-16)27-12-18(25)24-14(3)6-5-7-15(24)4/h8-11,13-15H,5-7,12H2,1-4H3,(H,22,26)(H2,21,23,28)/t14-,15-/m1/s1. The molecule has 0 spiro atoms. The molecule has 2 atom stereocenters. The van der Waals surface area contributed by atoms with E-state index in [1.807, 2.05) is 18.7 Å². The maximum absolute atomic E-state index is 12.5. The van der Waals surface area contributed by atoms with E-state index < -0.39 is 0 Å². The normalized spacial score (nSPS) is 19.1. The summed E-state index contributed by atoms with van der Waals surface area (Å²) < 4.78 is 5.63. The second-order valence-corrected chi connectivity index (χ2v) is 7.86. The summed E-state index contributed by atoms with van der Waals surface area (Å²) in [7, 11) is 0. The first-order valence-corrected chi connectivity index (χ1v) is 10.1. The second-order valence-electron chi connectivity index (χ2n) is 7.45. The minimum atomic E-state index is -0.313. The number of likely N-dealkylation sites (tertiary alicyclic amines) is 1. The van der Waals surface area contributed by atoms with Crippen molar-refractivity contribution in [2.24, 2.45) is 0 Å². The number of thiocarbonyl (C=S) groups is 1. The minimum absolute atomic E-state index is 0.00288. The summed E-state index contributed by atoms with van der Waals surface area (Å²) in [6.45, 7) is 8.06. The monoisotopic (exact) mass is 406 g/mol. The average molecular weight is 407 g/mol. The van der Waals surface area contributed by atoms with Gasteiger partial charge < -0.3 is 15.0 Å². The Bertz CT molecular complexity index is 683. The highest BCUT2D eigenvalue weighted by molar-refractivity contribution is 7.80. The van der Waals surface area contributed by atoms with Crippen LogP contribution in [-0.4, -0.2) is 46.6 Å². The first-order chi connectivity index (χ1) is 13.3. The van der Waals surface area contributed by atoms with Crippen LogP contribution < -0.4 is 20.9 Å². The maximum atomic E-state index is 12.5. The molecule has 1 heterocycles. The zero-order valence-electron chi connectivity index (χ0n) is 17.0. The van der Waals surface area contributed by atoms with Gasteiger partial charge in [0.05, 0.1) is 0 Å². The lowest BCUT2D eigenvalue weighted by molar-refractivity contribution is -0.139. The molecule has 1 aliphatic heterocycles. The van der Waals surface area contributed by atoms with Gasteiger partial charge in [-0.25, -0.2) is 0 Å². The van der Waals surface area contributed by atoms with E-state index in [9.17, 15) is 9.59 Å². The Morgan fingerprint density at radius 3 is 2.32 bits per heavy atom. The van der Waals surface area contributed by atoms with Gasteiger partial charge in [-0.3, -0.25) is 20.4 Å². The van der Waals surface area contributed by atoms with Crippen LogP contribution in [0, 0.1) is 0 Å². The Hall–Kier alpha value is -2.35. The van der Waals surface area contributed by atoms with Gasteiger partial charge in [0.15, 0.2) is 11.7 Å². The van der Waals surface area contributed by atoms with E-state index in [0.717, 1.165) is 19.3 Å². The molecule has 2 amide bonds. The summed E-state index contributed by atoms with van der Waals surface area (Å²) in [5.41, 5.74) is 5.64. The Balaban J connectivity index is 1.82. The number of hydrogen-bond acceptors (Lipinski definition) is 4. The van der Waals surface area contributed by atoms with E-state index in [1.54, 1.807) is 24.3 Å². The summed E-state index contributed by atoms with van der Waals surface area (Å²) in [6, 6.07) is 7.30. The summed E-state index contributed by atoms with van der Waals surface area (Å²) >= 11 is 5.06. The molecule has 1 fully saturated rings. The highest BCUT2D eigenvalue weighted by Crippen LogP contribution is 2.22. The third-order valence-corrected chi connectivity index (χ3v) is 4.89. The van der Waals surface area contributed by atoms with Gasteiger partial charge in [0, 0.05) is 23.7 Å². The first-order valence-electron chi connectivity index (χ1n) is 9.68. The second kappa shape index (κ2) is 10.3. The fourth-order valence-electron chi connectivity index (χ4n) is 3.32. The highest BCUT2D eigenvalue weighted by Gasteiger charge is 2.28. The lowest BCUT2D eigenvalue weighted by Gasteiger charge is -2.38. The van der Waals surface area contributed by atoms with Gasteiger partial charge in [-0.15, -0.1) is 0 Å². The lowest BCUT2D eigenvalue weighted by Crippen LogP contribution is -2.49. The van der Waals surface area contributed by atoms with Gasteiger partial charge in [0.2, 0.25) is 0 Å². The molecule has 2 rings (SSSR count). The van der Waals surface area contributed by atoms with Crippen LogP contribution in [0.4, 0.5) is 0 Å². The van der Waals surface area contributed by atoms with Crippen LogP contribution in [0.3, 0.4) is 0 Å². The number of hydrogen-bond donors (Lipinski definition) is 3. The fraction of sp³-hybridized carbons (Fsp3) is 0.550. The molecule has 0 radical (unpaired) electrons. The predicted molar refractivity (Wildman–Crippen MR) is 113 cm³/mol. The first kappa shape index (κ1) is 21.9. The molecule has 1 aromatic rings. The van der Waals surface area contributed by atoms with E-state index >= 15 is 0 Å². The van der Waals surface area contributed by atoms with Crippen molar-refractivity contribution in [1.29, 1.82) is 0 Å². The van der Waals surface area contributed by atoms with Crippen molar-refractivity contribution in [3.8, 4) is 5.75 Å². The molecule has 7 nitrogen and oxygen atoms in total. The molecule has 28 heavy (non-hydrogen) atoms. The Kier molecular flexibility index (Phi) is 8.04. The van der Waals surface area contributed by atoms with Crippen molar-refractivity contribution >= 4 is 29.1 Å². The summed E-state index contributed by atoms with van der Waals surface area (Å²) in [5.74, 6) is 0.232. The molecular weight excluding hydrogens is 376 g/mol. The van der Waals surface area contributed by atoms with Gasteiger partial charge in [0.1, 0.15) is 5.75 Å². The van der Waals surface area contributed by atoms with Crippen LogP contribution in [0.5, 0.6) is 5.75 Å². The van der Waals surface area contributed by atoms with Crippen molar-refractivity contribution in [2.75, 3.05) is 6.61 Å². The molecule has 0 saturated carbocycles. The smallest absolute Gasteiger partial charge is 0.269 e. The Morgan fingerprint density at radius 2 is 1.75 bits per heavy atom. The molecule has 0 aliphatic carbocycles. The molecule has 0 unspecified atom stereocenters. The average Bonchev–Trinajstić information content (AvgIpc) is 2.64. The number of hydrazine groups is 1. The van der Waals surface area contributed by atoms with E-state index in [2.05, 4.69) is 30.0 Å². The zero-order valence-corrected chi connectivity index (χ0v) is 17.8. The molecule has 1 aromatic carbocycles. The van der Waals surface area contributed by atoms with Crippen molar-refractivity contribution in [3.63, 3.8) is 0 Å². The van der Waals surface area contributed by atoms with Crippen molar-refractivity contribution in [2.45, 2.75) is 65.1 Å². The van der Waals surface area contributed by atoms with Crippen molar-refractivity contribution in [3.05, 3.63) is 29.8 Å². The van der Waals surface area contributed by atoms with Crippen LogP contribution in [0.2, 0.25) is 0 Å². The molecule has 0 bridgehead atoms. The number of nitrogens with one attached hydrogen (secondary N) is 3. The third-order valence-electron chi connectivity index (χ3n) is 4.67. The summed E-state index contributed by atoms with van der Waals surface area (Å²) in [6.07, 6.45) is 3.22. The summed E-state index contributed by atoms with van der Waals surface area (Å²) in [4.78, 5) is 26.6. The van der Waals surface area contributed by atoms with Crippen LogP contribution >= 0.6 is 12.2 Å². The fourth-order valence-corrected chi connectivity index (χ4v) is 3.61. The number of piperidine rings is 1. The van der Waals surface area contributed by atoms with E-state index in [4.69, 9.17) is 17.0 Å². The number of nitrogens with zero attached hydrogens (tertiary/aromatic N) is 1. The number of carbonyl (C=O) groups excluding carboxylic acids is 2. The number of carbonyl (C=O) groups is 2. The third kappa shape index (κ3) is 6.37. The molecular formula is C20H30N4O3S. The molecule has 1 aliphatic rings. The van der Waals surface area contributed by atoms with Crippen LogP contribution in [0.25, 0.3) is 0 Å².